The summed E-state index contributed by atoms with van der Waals surface area (Å²) in [5, 5.41) is 0.787. The van der Waals surface area contributed by atoms with E-state index in [4.69, 9.17) is 16.3 Å². The van der Waals surface area contributed by atoms with Gasteiger partial charge in [-0.2, -0.15) is 0 Å². The first-order valence-corrected chi connectivity index (χ1v) is 7.24. The molecule has 0 aromatic heterocycles. The van der Waals surface area contributed by atoms with Crippen molar-refractivity contribution >= 4 is 17.3 Å². The fourth-order valence-electron chi connectivity index (χ4n) is 2.63. The van der Waals surface area contributed by atoms with E-state index < -0.39 is 0 Å². The van der Waals surface area contributed by atoms with Crippen LogP contribution in [0.15, 0.2) is 12.1 Å². The Morgan fingerprint density at radius 2 is 1.79 bits per heavy atom. The minimum atomic E-state index is 0.609. The number of hydrogen-bond acceptors (Lipinski definition) is 3. The molecule has 1 aromatic rings. The molecule has 1 fully saturated rings. The summed E-state index contributed by atoms with van der Waals surface area (Å²) in [6.07, 6.45) is 0. The van der Waals surface area contributed by atoms with Crippen LogP contribution in [0.5, 0.6) is 5.75 Å². The smallest absolute Gasteiger partial charge is 0.143 e. The quantitative estimate of drug-likeness (QED) is 0.847. The summed E-state index contributed by atoms with van der Waals surface area (Å²) in [6, 6.07) is 4.67. The maximum Gasteiger partial charge on any atom is 0.143 e. The number of ether oxygens (including phenoxy) is 1. The van der Waals surface area contributed by atoms with E-state index in [0.29, 0.717) is 6.04 Å². The van der Waals surface area contributed by atoms with Crippen molar-refractivity contribution in [2.75, 3.05) is 38.2 Å². The monoisotopic (exact) mass is 282 g/mol. The topological polar surface area (TPSA) is 15.7 Å². The second kappa shape index (κ2) is 6.02. The van der Waals surface area contributed by atoms with Gasteiger partial charge in [0.2, 0.25) is 0 Å². The second-order valence-electron chi connectivity index (χ2n) is 5.41. The standard InChI is InChI=1S/C15H23ClN2O/c1-11(2)17-5-7-18(8-6-17)15-13(16)9-12(3)10-14(15)19-4/h9-11H,5-8H2,1-4H3. The average Bonchev–Trinajstić information content (AvgIpc) is 2.38. The molecule has 19 heavy (non-hydrogen) atoms. The van der Waals surface area contributed by atoms with E-state index in [0.717, 1.165) is 48.2 Å². The van der Waals surface area contributed by atoms with Gasteiger partial charge in [0, 0.05) is 32.2 Å². The molecule has 0 unspecified atom stereocenters. The molecule has 0 bridgehead atoms. The number of anilines is 1. The Balaban J connectivity index is 2.19. The van der Waals surface area contributed by atoms with E-state index in [1.807, 2.05) is 13.0 Å². The lowest BCUT2D eigenvalue weighted by molar-refractivity contribution is 0.209. The maximum atomic E-state index is 6.41. The van der Waals surface area contributed by atoms with Crippen LogP contribution in [-0.2, 0) is 0 Å². The summed E-state index contributed by atoms with van der Waals surface area (Å²) in [5.74, 6) is 0.878. The maximum absolute atomic E-state index is 6.41. The van der Waals surface area contributed by atoms with E-state index >= 15 is 0 Å². The van der Waals surface area contributed by atoms with E-state index in [1.54, 1.807) is 7.11 Å². The van der Waals surface area contributed by atoms with E-state index in [2.05, 4.69) is 29.7 Å². The molecule has 1 aromatic carbocycles. The summed E-state index contributed by atoms with van der Waals surface area (Å²) < 4.78 is 5.49. The minimum absolute atomic E-state index is 0.609. The van der Waals surface area contributed by atoms with Crippen LogP contribution in [0.4, 0.5) is 5.69 Å². The van der Waals surface area contributed by atoms with Gasteiger partial charge >= 0.3 is 0 Å². The van der Waals surface area contributed by atoms with Crippen LogP contribution < -0.4 is 9.64 Å². The number of nitrogens with zero attached hydrogens (tertiary/aromatic N) is 2. The van der Waals surface area contributed by atoms with Crippen LogP contribution in [0.3, 0.4) is 0 Å². The number of halogens is 1. The van der Waals surface area contributed by atoms with Crippen LogP contribution in [0.2, 0.25) is 5.02 Å². The predicted molar refractivity (Wildman–Crippen MR) is 81.7 cm³/mol. The summed E-state index contributed by atoms with van der Waals surface area (Å²) >= 11 is 6.41. The van der Waals surface area contributed by atoms with Gasteiger partial charge in [0.05, 0.1) is 17.8 Å². The average molecular weight is 283 g/mol. The third kappa shape index (κ3) is 3.15. The van der Waals surface area contributed by atoms with Gasteiger partial charge in [-0.15, -0.1) is 0 Å². The highest BCUT2D eigenvalue weighted by atomic mass is 35.5. The van der Waals surface area contributed by atoms with Crippen LogP contribution in [0.25, 0.3) is 0 Å². The Labute approximate surface area is 121 Å². The molecule has 0 aliphatic carbocycles. The highest BCUT2D eigenvalue weighted by Gasteiger charge is 2.23. The Morgan fingerprint density at radius 1 is 1.16 bits per heavy atom. The van der Waals surface area contributed by atoms with E-state index in [1.165, 1.54) is 0 Å². The van der Waals surface area contributed by atoms with Gasteiger partial charge < -0.3 is 9.64 Å². The van der Waals surface area contributed by atoms with Gasteiger partial charge in [0.15, 0.2) is 0 Å². The second-order valence-corrected chi connectivity index (χ2v) is 5.82. The van der Waals surface area contributed by atoms with Crippen LogP contribution >= 0.6 is 11.6 Å². The molecule has 106 valence electrons. The van der Waals surface area contributed by atoms with Crippen molar-refractivity contribution in [3.63, 3.8) is 0 Å². The Hall–Kier alpha value is -0.930. The Kier molecular flexibility index (Phi) is 4.58. The van der Waals surface area contributed by atoms with Crippen molar-refractivity contribution < 1.29 is 4.74 Å². The lowest BCUT2D eigenvalue weighted by Crippen LogP contribution is -2.49. The number of methoxy groups -OCH3 is 1. The van der Waals surface area contributed by atoms with Crippen LogP contribution in [-0.4, -0.2) is 44.2 Å². The molecule has 0 N–H and O–H groups in total. The van der Waals surface area contributed by atoms with Crippen LogP contribution in [0, 0.1) is 6.92 Å². The van der Waals surface area contributed by atoms with E-state index in [-0.39, 0.29) is 0 Å². The third-order valence-corrected chi connectivity index (χ3v) is 4.04. The number of piperazine rings is 1. The van der Waals surface area contributed by atoms with Crippen LogP contribution in [0.1, 0.15) is 19.4 Å². The molecule has 1 saturated heterocycles. The molecular formula is C15H23ClN2O. The van der Waals surface area contributed by atoms with E-state index in [9.17, 15) is 0 Å². The molecule has 2 rings (SSSR count). The summed E-state index contributed by atoms with van der Waals surface area (Å²) in [7, 11) is 1.71. The molecule has 1 aliphatic heterocycles. The first kappa shape index (κ1) is 14.5. The molecule has 0 amide bonds. The molecule has 0 atom stereocenters. The summed E-state index contributed by atoms with van der Waals surface area (Å²) in [4.78, 5) is 4.82. The van der Waals surface area contributed by atoms with Gasteiger partial charge in [-0.25, -0.2) is 0 Å². The molecular weight excluding hydrogens is 260 g/mol. The zero-order valence-electron chi connectivity index (χ0n) is 12.2. The Bertz CT molecular complexity index is 440. The molecule has 0 spiro atoms. The predicted octanol–water partition coefficient (Wildman–Crippen LogP) is 3.19. The largest absolute Gasteiger partial charge is 0.495 e. The van der Waals surface area contributed by atoms with Crippen molar-refractivity contribution in [2.45, 2.75) is 26.8 Å². The third-order valence-electron chi connectivity index (χ3n) is 3.75. The number of hydrogen-bond donors (Lipinski definition) is 0. The van der Waals surface area contributed by atoms with Crippen molar-refractivity contribution in [2.24, 2.45) is 0 Å². The zero-order chi connectivity index (χ0) is 14.0. The SMILES string of the molecule is COc1cc(C)cc(Cl)c1N1CCN(C(C)C)CC1. The van der Waals surface area contributed by atoms with Gasteiger partial charge in [0.1, 0.15) is 5.75 Å². The van der Waals surface area contributed by atoms with Gasteiger partial charge in [0.25, 0.3) is 0 Å². The lowest BCUT2D eigenvalue weighted by Gasteiger charge is -2.38. The first-order chi connectivity index (χ1) is 9.02. The van der Waals surface area contributed by atoms with Gasteiger partial charge in [-0.3, -0.25) is 4.90 Å². The van der Waals surface area contributed by atoms with Gasteiger partial charge in [-0.1, -0.05) is 11.6 Å². The first-order valence-electron chi connectivity index (χ1n) is 6.86. The molecule has 1 aliphatic rings. The molecule has 1 heterocycles. The number of benzene rings is 1. The minimum Gasteiger partial charge on any atom is -0.495 e. The fraction of sp³-hybridized carbons (Fsp3) is 0.600. The van der Waals surface area contributed by atoms with Crippen molar-refractivity contribution in [1.82, 2.24) is 4.90 Å². The molecule has 0 saturated carbocycles. The fourth-order valence-corrected chi connectivity index (χ4v) is 3.01. The van der Waals surface area contributed by atoms with Crippen molar-refractivity contribution in [3.8, 4) is 5.75 Å². The zero-order valence-corrected chi connectivity index (χ0v) is 13.0. The highest BCUT2D eigenvalue weighted by Crippen LogP contribution is 2.37. The summed E-state index contributed by atoms with van der Waals surface area (Å²) in [5.41, 5.74) is 2.17. The normalized spacial score (nSPS) is 17.1. The number of aryl methyl sites for hydroxylation is 1. The lowest BCUT2D eigenvalue weighted by atomic mass is 10.1. The van der Waals surface area contributed by atoms with Gasteiger partial charge in [-0.05, 0) is 38.5 Å². The van der Waals surface area contributed by atoms with Crippen molar-refractivity contribution in [1.29, 1.82) is 0 Å². The summed E-state index contributed by atoms with van der Waals surface area (Å²) in [6.45, 7) is 10.7. The molecule has 4 heteroatoms. The molecule has 3 nitrogen and oxygen atoms in total. The van der Waals surface area contributed by atoms with Crippen molar-refractivity contribution in [3.05, 3.63) is 22.7 Å². The highest BCUT2D eigenvalue weighted by molar-refractivity contribution is 6.33. The number of rotatable bonds is 3. The Morgan fingerprint density at radius 3 is 2.32 bits per heavy atom. The molecule has 0 radical (unpaired) electrons.